The Hall–Kier alpha value is -2.66. The van der Waals surface area contributed by atoms with Gasteiger partial charge in [0.05, 0.1) is 0 Å². The van der Waals surface area contributed by atoms with E-state index >= 15 is 0 Å². The lowest BCUT2D eigenvalue weighted by Gasteiger charge is -2.13. The van der Waals surface area contributed by atoms with E-state index in [0.29, 0.717) is 16.6 Å². The molecular weight excluding hydrogens is 344 g/mol. The van der Waals surface area contributed by atoms with E-state index in [9.17, 15) is 4.79 Å². The number of aryl methyl sites for hydroxylation is 1. The zero-order valence-corrected chi connectivity index (χ0v) is 15.9. The molecular formula is C21H22N2O2S. The Balaban J connectivity index is 1.71. The van der Waals surface area contributed by atoms with Crippen molar-refractivity contribution in [2.24, 2.45) is 0 Å². The van der Waals surface area contributed by atoms with Gasteiger partial charge >= 0.3 is 5.63 Å². The molecule has 0 fully saturated rings. The molecule has 3 aromatic rings. The Morgan fingerprint density at radius 3 is 2.42 bits per heavy atom. The van der Waals surface area contributed by atoms with Crippen molar-refractivity contribution >= 4 is 39.7 Å². The van der Waals surface area contributed by atoms with Gasteiger partial charge < -0.3 is 15.1 Å². The van der Waals surface area contributed by atoms with E-state index in [1.54, 1.807) is 6.07 Å². The van der Waals surface area contributed by atoms with Crippen LogP contribution in [0.4, 0.5) is 11.4 Å². The Morgan fingerprint density at radius 2 is 1.73 bits per heavy atom. The second kappa shape index (κ2) is 7.70. The molecule has 0 aliphatic carbocycles. The monoisotopic (exact) mass is 366 g/mol. The van der Waals surface area contributed by atoms with Crippen LogP contribution >= 0.6 is 12.2 Å². The molecule has 0 radical (unpaired) electrons. The summed E-state index contributed by atoms with van der Waals surface area (Å²) in [5, 5.41) is 7.70. The number of rotatable bonds is 4. The summed E-state index contributed by atoms with van der Waals surface area (Å²) in [5.74, 6) is 0.546. The Labute approximate surface area is 158 Å². The number of hydrogen-bond donors (Lipinski definition) is 2. The fraction of sp³-hybridized carbons (Fsp3) is 0.238. The maximum absolute atomic E-state index is 11.6. The second-order valence-corrected chi connectivity index (χ2v) is 6.88. The number of fused-ring (bicyclic) bond motifs is 1. The third-order valence-corrected chi connectivity index (χ3v) is 4.76. The Kier molecular flexibility index (Phi) is 5.38. The van der Waals surface area contributed by atoms with Gasteiger partial charge in [0.15, 0.2) is 5.11 Å². The molecule has 0 aliphatic rings. The van der Waals surface area contributed by atoms with Crippen molar-refractivity contribution in [1.29, 1.82) is 0 Å². The first kappa shape index (κ1) is 18.1. The highest BCUT2D eigenvalue weighted by atomic mass is 32.1. The number of hydrogen-bond acceptors (Lipinski definition) is 3. The van der Waals surface area contributed by atoms with E-state index < -0.39 is 0 Å². The minimum absolute atomic E-state index is 0.353. The van der Waals surface area contributed by atoms with E-state index in [-0.39, 0.29) is 5.63 Å². The van der Waals surface area contributed by atoms with E-state index in [1.807, 2.05) is 31.2 Å². The van der Waals surface area contributed by atoms with Gasteiger partial charge in [0, 0.05) is 28.9 Å². The van der Waals surface area contributed by atoms with Crippen LogP contribution in [0.3, 0.4) is 0 Å². The Bertz CT molecular complexity index is 993. The molecule has 0 spiro atoms. The van der Waals surface area contributed by atoms with Crippen molar-refractivity contribution < 1.29 is 4.42 Å². The van der Waals surface area contributed by atoms with Crippen LogP contribution < -0.4 is 16.3 Å². The van der Waals surface area contributed by atoms with E-state index in [2.05, 4.69) is 36.6 Å². The van der Waals surface area contributed by atoms with Gasteiger partial charge in [-0.05, 0) is 66.9 Å². The standard InChI is InChI=1S/C21H22N2O2S/c1-4-13(2)15-5-7-16(8-6-15)22-21(26)23-17-9-10-18-14(3)11-20(24)25-19(18)12-17/h5-13H,4H2,1-3H3,(H2,22,23,26). The summed E-state index contributed by atoms with van der Waals surface area (Å²) in [6.07, 6.45) is 1.12. The first-order valence-electron chi connectivity index (χ1n) is 8.68. The second-order valence-electron chi connectivity index (χ2n) is 6.47. The van der Waals surface area contributed by atoms with Crippen molar-refractivity contribution in [3.05, 3.63) is 70.1 Å². The van der Waals surface area contributed by atoms with Crippen LogP contribution in [0.2, 0.25) is 0 Å². The predicted octanol–water partition coefficient (Wildman–Crippen LogP) is 5.42. The molecule has 2 aromatic carbocycles. The normalized spacial score (nSPS) is 12.0. The first-order chi connectivity index (χ1) is 12.5. The summed E-state index contributed by atoms with van der Waals surface area (Å²) in [5.41, 5.74) is 4.09. The fourth-order valence-electron chi connectivity index (χ4n) is 2.83. The van der Waals surface area contributed by atoms with E-state index in [0.717, 1.165) is 28.7 Å². The van der Waals surface area contributed by atoms with Gasteiger partial charge in [0.2, 0.25) is 0 Å². The third-order valence-electron chi connectivity index (χ3n) is 4.56. The van der Waals surface area contributed by atoms with E-state index in [4.69, 9.17) is 16.6 Å². The van der Waals surface area contributed by atoms with Crippen LogP contribution in [-0.4, -0.2) is 5.11 Å². The van der Waals surface area contributed by atoms with Crippen molar-refractivity contribution in [3.63, 3.8) is 0 Å². The van der Waals surface area contributed by atoms with Gasteiger partial charge in [0.25, 0.3) is 0 Å². The van der Waals surface area contributed by atoms with Crippen LogP contribution in [0.25, 0.3) is 11.0 Å². The zero-order valence-electron chi connectivity index (χ0n) is 15.1. The number of benzene rings is 2. The highest BCUT2D eigenvalue weighted by Gasteiger charge is 2.06. The maximum atomic E-state index is 11.6. The van der Waals surface area contributed by atoms with Gasteiger partial charge in [-0.1, -0.05) is 26.0 Å². The molecule has 0 saturated carbocycles. The zero-order chi connectivity index (χ0) is 18.7. The number of nitrogens with one attached hydrogen (secondary N) is 2. The maximum Gasteiger partial charge on any atom is 0.336 e. The molecule has 1 aromatic heterocycles. The lowest BCUT2D eigenvalue weighted by atomic mass is 9.99. The summed E-state index contributed by atoms with van der Waals surface area (Å²) >= 11 is 5.39. The van der Waals surface area contributed by atoms with Gasteiger partial charge in [-0.15, -0.1) is 0 Å². The van der Waals surface area contributed by atoms with Gasteiger partial charge in [0.1, 0.15) is 5.58 Å². The van der Waals surface area contributed by atoms with E-state index in [1.165, 1.54) is 11.6 Å². The third kappa shape index (κ3) is 4.11. The Morgan fingerprint density at radius 1 is 1.08 bits per heavy atom. The molecule has 1 atom stereocenters. The molecule has 5 heteroatoms. The molecule has 1 heterocycles. The topological polar surface area (TPSA) is 54.3 Å². The van der Waals surface area contributed by atoms with Crippen LogP contribution in [0, 0.1) is 6.92 Å². The SMILES string of the molecule is CCC(C)c1ccc(NC(=S)Nc2ccc3c(C)cc(=O)oc3c2)cc1. The summed E-state index contributed by atoms with van der Waals surface area (Å²) in [6.45, 7) is 6.29. The summed E-state index contributed by atoms with van der Waals surface area (Å²) in [4.78, 5) is 11.6. The molecule has 134 valence electrons. The average molecular weight is 366 g/mol. The predicted molar refractivity (Wildman–Crippen MR) is 112 cm³/mol. The van der Waals surface area contributed by atoms with Crippen molar-refractivity contribution in [3.8, 4) is 0 Å². The van der Waals surface area contributed by atoms with Gasteiger partial charge in [-0.3, -0.25) is 0 Å². The molecule has 2 N–H and O–H groups in total. The van der Waals surface area contributed by atoms with Crippen LogP contribution in [-0.2, 0) is 0 Å². The van der Waals surface area contributed by atoms with Crippen molar-refractivity contribution in [2.75, 3.05) is 10.6 Å². The smallest absolute Gasteiger partial charge is 0.336 e. The average Bonchev–Trinajstić information content (AvgIpc) is 2.61. The molecule has 4 nitrogen and oxygen atoms in total. The minimum Gasteiger partial charge on any atom is -0.423 e. The number of anilines is 2. The summed E-state index contributed by atoms with van der Waals surface area (Å²) < 4.78 is 5.27. The minimum atomic E-state index is -0.353. The molecule has 0 aliphatic heterocycles. The quantitative estimate of drug-likeness (QED) is 0.477. The van der Waals surface area contributed by atoms with Crippen molar-refractivity contribution in [1.82, 2.24) is 0 Å². The van der Waals surface area contributed by atoms with Gasteiger partial charge in [-0.25, -0.2) is 4.79 Å². The highest BCUT2D eigenvalue weighted by Crippen LogP contribution is 2.22. The molecule has 26 heavy (non-hydrogen) atoms. The molecule has 0 amide bonds. The van der Waals surface area contributed by atoms with Crippen molar-refractivity contribution in [2.45, 2.75) is 33.1 Å². The lowest BCUT2D eigenvalue weighted by molar-refractivity contribution is 0.560. The molecule has 0 bridgehead atoms. The highest BCUT2D eigenvalue weighted by molar-refractivity contribution is 7.80. The lowest BCUT2D eigenvalue weighted by Crippen LogP contribution is -2.19. The summed E-state index contributed by atoms with van der Waals surface area (Å²) in [6, 6.07) is 15.4. The molecule has 0 saturated heterocycles. The van der Waals surface area contributed by atoms with Crippen LogP contribution in [0.15, 0.2) is 57.7 Å². The largest absolute Gasteiger partial charge is 0.423 e. The molecule has 1 unspecified atom stereocenters. The molecule has 3 rings (SSSR count). The first-order valence-corrected chi connectivity index (χ1v) is 9.09. The van der Waals surface area contributed by atoms with Crippen LogP contribution in [0.5, 0.6) is 0 Å². The van der Waals surface area contributed by atoms with Gasteiger partial charge in [-0.2, -0.15) is 0 Å². The van der Waals surface area contributed by atoms with Crippen LogP contribution in [0.1, 0.15) is 37.3 Å². The number of thiocarbonyl (C=S) groups is 1. The fourth-order valence-corrected chi connectivity index (χ4v) is 3.06. The summed E-state index contributed by atoms with van der Waals surface area (Å²) in [7, 11) is 0.